The molecule has 0 amide bonds. The lowest BCUT2D eigenvalue weighted by Gasteiger charge is -2.27. The molecule has 1 atom stereocenters. The van der Waals surface area contributed by atoms with Gasteiger partial charge in [0.05, 0.1) is 6.54 Å². The van der Waals surface area contributed by atoms with Gasteiger partial charge in [-0.3, -0.25) is 0 Å². The summed E-state index contributed by atoms with van der Waals surface area (Å²) in [4.78, 5) is 0. The van der Waals surface area contributed by atoms with Crippen molar-refractivity contribution < 1.29 is 0 Å². The van der Waals surface area contributed by atoms with Gasteiger partial charge in [0.25, 0.3) is 0 Å². The first-order valence-corrected chi connectivity index (χ1v) is 5.82. The van der Waals surface area contributed by atoms with Crippen LogP contribution in [0.4, 0.5) is 0 Å². The van der Waals surface area contributed by atoms with Gasteiger partial charge < -0.3 is 5.32 Å². The molecule has 2 N–H and O–H groups in total. The van der Waals surface area contributed by atoms with Crippen LogP contribution in [0.15, 0.2) is 0 Å². The van der Waals surface area contributed by atoms with E-state index >= 15 is 0 Å². The number of aromatic amines is 1. The molecule has 0 spiro atoms. The largest absolute Gasteiger partial charge is 0.307 e. The monoisotopic (exact) mass is 209 g/mol. The second kappa shape index (κ2) is 5.21. The van der Waals surface area contributed by atoms with E-state index in [4.69, 9.17) is 0 Å². The third-order valence-corrected chi connectivity index (χ3v) is 3.33. The van der Waals surface area contributed by atoms with Crippen LogP contribution in [0.3, 0.4) is 0 Å². The molecule has 1 aromatic rings. The first-order valence-electron chi connectivity index (χ1n) is 5.82. The highest BCUT2D eigenvalue weighted by atomic mass is 15.5. The zero-order valence-electron chi connectivity index (χ0n) is 9.24. The maximum absolute atomic E-state index is 3.92. The van der Waals surface area contributed by atoms with Crippen LogP contribution in [-0.4, -0.2) is 26.7 Å². The van der Waals surface area contributed by atoms with E-state index in [1.807, 2.05) is 0 Å². The van der Waals surface area contributed by atoms with Gasteiger partial charge in [0.1, 0.15) is 0 Å². The predicted octanol–water partition coefficient (Wildman–Crippen LogP) is 1.26. The van der Waals surface area contributed by atoms with Crippen molar-refractivity contribution >= 4 is 0 Å². The first kappa shape index (κ1) is 10.5. The number of aromatic nitrogens is 4. The summed E-state index contributed by atoms with van der Waals surface area (Å²) in [5.41, 5.74) is 0. The molecule has 5 heteroatoms. The molecule has 84 valence electrons. The molecule has 1 aliphatic carbocycles. The van der Waals surface area contributed by atoms with Crippen LogP contribution >= 0.6 is 0 Å². The van der Waals surface area contributed by atoms with Crippen molar-refractivity contribution in [1.82, 2.24) is 25.9 Å². The number of H-pyrrole nitrogens is 1. The molecule has 0 radical (unpaired) electrons. The molecular formula is C10H19N5. The Kier molecular flexibility index (Phi) is 3.66. The van der Waals surface area contributed by atoms with Crippen LogP contribution < -0.4 is 5.32 Å². The van der Waals surface area contributed by atoms with Crippen molar-refractivity contribution in [3.63, 3.8) is 0 Å². The summed E-state index contributed by atoms with van der Waals surface area (Å²) >= 11 is 0. The Morgan fingerprint density at radius 2 is 2.20 bits per heavy atom. The molecule has 0 aliphatic heterocycles. The highest BCUT2D eigenvalue weighted by molar-refractivity contribution is 4.80. The standard InChI is InChI=1S/C10H19N5/c1-8(9-5-3-2-4-6-9)11-7-10-12-14-15-13-10/h8-9,11H,2-7H2,1H3,(H,12,13,14,15). The second-order valence-electron chi connectivity index (χ2n) is 4.40. The van der Waals surface area contributed by atoms with E-state index in [2.05, 4.69) is 32.9 Å². The molecule has 15 heavy (non-hydrogen) atoms. The summed E-state index contributed by atoms with van der Waals surface area (Å²) in [6.45, 7) is 2.98. The van der Waals surface area contributed by atoms with E-state index < -0.39 is 0 Å². The van der Waals surface area contributed by atoms with Crippen molar-refractivity contribution in [2.45, 2.75) is 51.6 Å². The maximum Gasteiger partial charge on any atom is 0.188 e. The minimum atomic E-state index is 0.559. The zero-order valence-corrected chi connectivity index (χ0v) is 9.24. The van der Waals surface area contributed by atoms with Crippen LogP contribution in [0, 0.1) is 5.92 Å². The lowest BCUT2D eigenvalue weighted by Crippen LogP contribution is -2.34. The van der Waals surface area contributed by atoms with Crippen LogP contribution in [0.5, 0.6) is 0 Å². The molecule has 2 rings (SSSR count). The Morgan fingerprint density at radius 1 is 1.40 bits per heavy atom. The van der Waals surface area contributed by atoms with Crippen molar-refractivity contribution in [1.29, 1.82) is 0 Å². The van der Waals surface area contributed by atoms with Gasteiger partial charge in [-0.2, -0.15) is 5.21 Å². The number of tetrazole rings is 1. The quantitative estimate of drug-likeness (QED) is 0.783. The fourth-order valence-corrected chi connectivity index (χ4v) is 2.31. The zero-order chi connectivity index (χ0) is 10.5. The Morgan fingerprint density at radius 3 is 2.87 bits per heavy atom. The van der Waals surface area contributed by atoms with E-state index in [0.29, 0.717) is 12.6 Å². The van der Waals surface area contributed by atoms with Crippen molar-refractivity contribution in [3.05, 3.63) is 5.82 Å². The molecule has 1 aromatic heterocycles. The fourth-order valence-electron chi connectivity index (χ4n) is 2.31. The Balaban J connectivity index is 1.74. The molecule has 1 heterocycles. The summed E-state index contributed by atoms with van der Waals surface area (Å²) < 4.78 is 0. The smallest absolute Gasteiger partial charge is 0.188 e. The summed E-state index contributed by atoms with van der Waals surface area (Å²) in [6, 6.07) is 0.559. The SMILES string of the molecule is CC(NCc1nn[nH]n1)C1CCCCC1. The number of rotatable bonds is 4. The molecule has 1 aliphatic rings. The molecule has 0 bridgehead atoms. The van der Waals surface area contributed by atoms with Crippen molar-refractivity contribution in [2.24, 2.45) is 5.92 Å². The number of hydrogen-bond acceptors (Lipinski definition) is 4. The normalized spacial score (nSPS) is 20.3. The fraction of sp³-hybridized carbons (Fsp3) is 0.900. The average molecular weight is 209 g/mol. The Labute approximate surface area is 90.0 Å². The van der Waals surface area contributed by atoms with Gasteiger partial charge in [0.15, 0.2) is 5.82 Å². The Bertz CT molecular complexity index is 265. The molecule has 0 aromatic carbocycles. The van der Waals surface area contributed by atoms with Gasteiger partial charge in [-0.05, 0) is 25.7 Å². The minimum absolute atomic E-state index is 0.559. The summed E-state index contributed by atoms with van der Waals surface area (Å²) in [5.74, 6) is 1.57. The minimum Gasteiger partial charge on any atom is -0.307 e. The molecule has 5 nitrogen and oxygen atoms in total. The van der Waals surface area contributed by atoms with Crippen molar-refractivity contribution in [2.75, 3.05) is 0 Å². The van der Waals surface area contributed by atoms with E-state index in [0.717, 1.165) is 11.7 Å². The van der Waals surface area contributed by atoms with Gasteiger partial charge in [0, 0.05) is 6.04 Å². The molecule has 0 saturated heterocycles. The highest BCUT2D eigenvalue weighted by Crippen LogP contribution is 2.26. The van der Waals surface area contributed by atoms with Crippen molar-refractivity contribution in [3.8, 4) is 0 Å². The summed E-state index contributed by atoms with van der Waals surface area (Å²) in [5, 5.41) is 17.3. The van der Waals surface area contributed by atoms with E-state index in [9.17, 15) is 0 Å². The van der Waals surface area contributed by atoms with Gasteiger partial charge in [-0.1, -0.05) is 24.5 Å². The summed E-state index contributed by atoms with van der Waals surface area (Å²) in [6.07, 6.45) is 6.91. The van der Waals surface area contributed by atoms with E-state index in [1.54, 1.807) is 0 Å². The van der Waals surface area contributed by atoms with Gasteiger partial charge in [-0.25, -0.2) is 0 Å². The molecular weight excluding hydrogens is 190 g/mol. The lowest BCUT2D eigenvalue weighted by atomic mass is 9.84. The third kappa shape index (κ3) is 2.99. The summed E-state index contributed by atoms with van der Waals surface area (Å²) in [7, 11) is 0. The Hall–Kier alpha value is -0.970. The van der Waals surface area contributed by atoms with Crippen LogP contribution in [0.2, 0.25) is 0 Å². The maximum atomic E-state index is 3.92. The highest BCUT2D eigenvalue weighted by Gasteiger charge is 2.19. The third-order valence-electron chi connectivity index (χ3n) is 3.33. The van der Waals surface area contributed by atoms with E-state index in [-0.39, 0.29) is 0 Å². The van der Waals surface area contributed by atoms with Gasteiger partial charge >= 0.3 is 0 Å². The average Bonchev–Trinajstić information content (AvgIpc) is 2.80. The van der Waals surface area contributed by atoms with Crippen LogP contribution in [-0.2, 0) is 6.54 Å². The first-order chi connectivity index (χ1) is 7.36. The second-order valence-corrected chi connectivity index (χ2v) is 4.40. The molecule has 1 fully saturated rings. The van der Waals surface area contributed by atoms with Crippen LogP contribution in [0.25, 0.3) is 0 Å². The number of nitrogens with one attached hydrogen (secondary N) is 2. The molecule has 1 saturated carbocycles. The lowest BCUT2D eigenvalue weighted by molar-refractivity contribution is 0.279. The van der Waals surface area contributed by atoms with Gasteiger partial charge in [0.2, 0.25) is 0 Å². The topological polar surface area (TPSA) is 66.5 Å². The number of nitrogens with zero attached hydrogens (tertiary/aromatic N) is 3. The van der Waals surface area contributed by atoms with Crippen LogP contribution in [0.1, 0.15) is 44.9 Å². The van der Waals surface area contributed by atoms with E-state index in [1.165, 1.54) is 32.1 Å². The predicted molar refractivity (Wildman–Crippen MR) is 57.1 cm³/mol. The van der Waals surface area contributed by atoms with Gasteiger partial charge in [-0.15, -0.1) is 10.2 Å². The number of hydrogen-bond donors (Lipinski definition) is 2. The molecule has 1 unspecified atom stereocenters.